The molecule has 0 saturated heterocycles. The highest BCUT2D eigenvalue weighted by atomic mass is 32.1. The smallest absolute Gasteiger partial charge is 0.280 e. The molecule has 0 atom stereocenters. The van der Waals surface area contributed by atoms with Crippen LogP contribution in [0.15, 0.2) is 30.5 Å². The molecule has 0 aliphatic rings. The normalized spacial score (nSPS) is 11.4. The second-order valence-electron chi connectivity index (χ2n) is 6.23. The number of hydrogen-bond acceptors (Lipinski definition) is 5. The van der Waals surface area contributed by atoms with Gasteiger partial charge in [0.05, 0.1) is 10.2 Å². The van der Waals surface area contributed by atoms with Crippen molar-refractivity contribution in [1.29, 1.82) is 0 Å². The van der Waals surface area contributed by atoms with Gasteiger partial charge in [0.1, 0.15) is 0 Å². The van der Waals surface area contributed by atoms with E-state index in [9.17, 15) is 4.79 Å². The van der Waals surface area contributed by atoms with Gasteiger partial charge in [0.15, 0.2) is 10.8 Å². The number of likely N-dealkylation sites (N-methyl/N-ethyl adjacent to an activating group) is 1. The van der Waals surface area contributed by atoms with Gasteiger partial charge in [-0.2, -0.15) is 5.10 Å². The molecule has 0 fully saturated rings. The molecule has 132 valence electrons. The molecule has 3 aromatic rings. The summed E-state index contributed by atoms with van der Waals surface area (Å²) >= 11 is 1.55. The zero-order valence-electron chi connectivity index (χ0n) is 15.1. The summed E-state index contributed by atoms with van der Waals surface area (Å²) in [6.07, 6.45) is 1.83. The molecule has 7 heteroatoms. The number of carbonyl (C=O) groups is 1. The first kappa shape index (κ1) is 17.6. The van der Waals surface area contributed by atoms with E-state index in [1.807, 2.05) is 52.3 Å². The Morgan fingerprint density at radius 1 is 1.24 bits per heavy atom. The van der Waals surface area contributed by atoms with Crippen molar-refractivity contribution in [2.45, 2.75) is 20.4 Å². The molecule has 0 aliphatic heterocycles. The van der Waals surface area contributed by atoms with Crippen LogP contribution >= 0.6 is 11.3 Å². The average Bonchev–Trinajstić information content (AvgIpc) is 3.22. The zero-order valence-corrected chi connectivity index (χ0v) is 15.9. The Morgan fingerprint density at radius 2 is 2.04 bits per heavy atom. The molecule has 0 spiro atoms. The number of hydrogen-bond donors (Lipinski definition) is 0. The molecule has 1 aromatic carbocycles. The van der Waals surface area contributed by atoms with Crippen molar-refractivity contribution in [3.05, 3.63) is 41.7 Å². The molecular formula is C18H23N5OS. The lowest BCUT2D eigenvalue weighted by Gasteiger charge is -2.21. The van der Waals surface area contributed by atoms with Gasteiger partial charge in [0, 0.05) is 25.8 Å². The lowest BCUT2D eigenvalue weighted by molar-refractivity contribution is 0.0979. The molecule has 0 unspecified atom stereocenters. The predicted octanol–water partition coefficient (Wildman–Crippen LogP) is 3.03. The number of benzene rings is 1. The van der Waals surface area contributed by atoms with Crippen molar-refractivity contribution in [3.63, 3.8) is 0 Å². The summed E-state index contributed by atoms with van der Waals surface area (Å²) in [5.74, 6) is -0.106. The van der Waals surface area contributed by atoms with Gasteiger partial charge in [-0.1, -0.05) is 23.5 Å². The van der Waals surface area contributed by atoms with Crippen molar-refractivity contribution in [1.82, 2.24) is 19.7 Å². The van der Waals surface area contributed by atoms with Gasteiger partial charge in [-0.3, -0.25) is 14.4 Å². The first-order chi connectivity index (χ1) is 12.0. The SMILES string of the molecule is CCn1ccc(C(=O)N(CCN(C)C)c2nc3c(C)cccc3s2)n1. The number of para-hydroxylation sites is 1. The highest BCUT2D eigenvalue weighted by molar-refractivity contribution is 7.22. The van der Waals surface area contributed by atoms with E-state index >= 15 is 0 Å². The fourth-order valence-electron chi connectivity index (χ4n) is 2.56. The standard InChI is InChI=1S/C18H23N5OS/c1-5-22-10-9-14(20-22)17(24)23(12-11-21(3)4)18-19-16-13(2)7-6-8-15(16)25-18/h6-10H,5,11-12H2,1-4H3. The first-order valence-corrected chi connectivity index (χ1v) is 9.17. The second-order valence-corrected chi connectivity index (χ2v) is 7.24. The molecule has 0 bridgehead atoms. The zero-order chi connectivity index (χ0) is 18.0. The number of aryl methyl sites for hydroxylation is 2. The molecule has 0 N–H and O–H groups in total. The van der Waals surface area contributed by atoms with Crippen molar-refractivity contribution >= 4 is 32.6 Å². The molecule has 0 saturated carbocycles. The second kappa shape index (κ2) is 7.33. The van der Waals surface area contributed by atoms with Crippen LogP contribution in [0.2, 0.25) is 0 Å². The van der Waals surface area contributed by atoms with E-state index in [4.69, 9.17) is 4.98 Å². The van der Waals surface area contributed by atoms with Crippen LogP contribution in [-0.2, 0) is 6.54 Å². The quantitative estimate of drug-likeness (QED) is 0.680. The summed E-state index contributed by atoms with van der Waals surface area (Å²) in [7, 11) is 3.99. The fourth-order valence-corrected chi connectivity index (χ4v) is 3.63. The Balaban J connectivity index is 1.97. The third-order valence-corrected chi connectivity index (χ3v) is 5.08. The van der Waals surface area contributed by atoms with E-state index in [-0.39, 0.29) is 5.91 Å². The topological polar surface area (TPSA) is 54.3 Å². The molecule has 0 aliphatic carbocycles. The Kier molecular flexibility index (Phi) is 5.15. The summed E-state index contributed by atoms with van der Waals surface area (Å²) in [5.41, 5.74) is 2.54. The Bertz CT molecular complexity index is 883. The van der Waals surface area contributed by atoms with Crippen molar-refractivity contribution in [2.24, 2.45) is 0 Å². The average molecular weight is 357 g/mol. The highest BCUT2D eigenvalue weighted by Gasteiger charge is 2.23. The van der Waals surface area contributed by atoms with E-state index in [0.29, 0.717) is 12.2 Å². The third kappa shape index (κ3) is 3.72. The Hall–Kier alpha value is -2.25. The minimum absolute atomic E-state index is 0.106. The van der Waals surface area contributed by atoms with E-state index in [2.05, 4.69) is 10.00 Å². The van der Waals surface area contributed by atoms with Crippen molar-refractivity contribution < 1.29 is 4.79 Å². The van der Waals surface area contributed by atoms with E-state index in [1.54, 1.807) is 27.0 Å². The molecule has 3 rings (SSSR count). The van der Waals surface area contributed by atoms with Crippen LogP contribution in [0.3, 0.4) is 0 Å². The van der Waals surface area contributed by atoms with Crippen LogP contribution < -0.4 is 4.90 Å². The number of aromatic nitrogens is 3. The number of amides is 1. The lowest BCUT2D eigenvalue weighted by Crippen LogP contribution is -2.37. The van der Waals surface area contributed by atoms with Crippen LogP contribution in [0.5, 0.6) is 0 Å². The van der Waals surface area contributed by atoms with Gasteiger partial charge in [-0.15, -0.1) is 0 Å². The monoisotopic (exact) mass is 357 g/mol. The maximum absolute atomic E-state index is 13.0. The first-order valence-electron chi connectivity index (χ1n) is 8.35. The van der Waals surface area contributed by atoms with Crippen LogP contribution in [0.1, 0.15) is 23.0 Å². The summed E-state index contributed by atoms with van der Waals surface area (Å²) in [5, 5.41) is 5.09. The van der Waals surface area contributed by atoms with Gasteiger partial charge in [0.25, 0.3) is 5.91 Å². The maximum atomic E-state index is 13.0. The van der Waals surface area contributed by atoms with Crippen LogP contribution in [0, 0.1) is 6.92 Å². The van der Waals surface area contributed by atoms with Crippen LogP contribution in [0.25, 0.3) is 10.2 Å². The molecule has 2 aromatic heterocycles. The number of anilines is 1. The summed E-state index contributed by atoms with van der Waals surface area (Å²) < 4.78 is 2.86. The molecule has 2 heterocycles. The number of rotatable bonds is 6. The molecular weight excluding hydrogens is 334 g/mol. The highest BCUT2D eigenvalue weighted by Crippen LogP contribution is 2.31. The van der Waals surface area contributed by atoms with Crippen molar-refractivity contribution in [3.8, 4) is 0 Å². The minimum Gasteiger partial charge on any atom is -0.308 e. The molecule has 6 nitrogen and oxygen atoms in total. The lowest BCUT2D eigenvalue weighted by atomic mass is 10.2. The van der Waals surface area contributed by atoms with E-state index in [1.165, 1.54) is 0 Å². The van der Waals surface area contributed by atoms with Crippen LogP contribution in [-0.4, -0.2) is 52.8 Å². The predicted molar refractivity (Wildman–Crippen MR) is 102 cm³/mol. The van der Waals surface area contributed by atoms with Gasteiger partial charge in [-0.05, 0) is 45.6 Å². The van der Waals surface area contributed by atoms with E-state index in [0.717, 1.165) is 34.0 Å². The third-order valence-electron chi connectivity index (χ3n) is 4.04. The van der Waals surface area contributed by atoms with Gasteiger partial charge in [0.2, 0.25) is 0 Å². The number of carbonyl (C=O) groups excluding carboxylic acids is 1. The maximum Gasteiger partial charge on any atom is 0.280 e. The van der Waals surface area contributed by atoms with Gasteiger partial charge in [-0.25, -0.2) is 4.98 Å². The van der Waals surface area contributed by atoms with Gasteiger partial charge < -0.3 is 4.90 Å². The fraction of sp³-hybridized carbons (Fsp3) is 0.389. The number of fused-ring (bicyclic) bond motifs is 1. The summed E-state index contributed by atoms with van der Waals surface area (Å²) in [6.45, 7) is 6.12. The largest absolute Gasteiger partial charge is 0.308 e. The Labute approximate surface area is 151 Å². The van der Waals surface area contributed by atoms with Gasteiger partial charge >= 0.3 is 0 Å². The molecule has 25 heavy (non-hydrogen) atoms. The van der Waals surface area contributed by atoms with E-state index < -0.39 is 0 Å². The summed E-state index contributed by atoms with van der Waals surface area (Å²) in [6, 6.07) is 7.88. The van der Waals surface area contributed by atoms with Crippen molar-refractivity contribution in [2.75, 3.05) is 32.1 Å². The Morgan fingerprint density at radius 3 is 2.68 bits per heavy atom. The number of thiazole rings is 1. The molecule has 1 amide bonds. The van der Waals surface area contributed by atoms with Crippen LogP contribution in [0.4, 0.5) is 5.13 Å². The molecule has 0 radical (unpaired) electrons. The summed E-state index contributed by atoms with van der Waals surface area (Å²) in [4.78, 5) is 21.6. The number of nitrogens with zero attached hydrogens (tertiary/aromatic N) is 5. The minimum atomic E-state index is -0.106.